The molecule has 0 spiro atoms. The van der Waals surface area contributed by atoms with Gasteiger partial charge in [0.1, 0.15) is 5.82 Å². The van der Waals surface area contributed by atoms with Crippen LogP contribution in [0.15, 0.2) is 18.2 Å². The highest BCUT2D eigenvalue weighted by Gasteiger charge is 2.12. The topological polar surface area (TPSA) is 17.1 Å². The summed E-state index contributed by atoms with van der Waals surface area (Å²) in [5.74, 6) is -0.482. The third-order valence-corrected chi connectivity index (χ3v) is 2.03. The van der Waals surface area contributed by atoms with Crippen molar-refractivity contribution in [3.63, 3.8) is 0 Å². The van der Waals surface area contributed by atoms with E-state index < -0.39 is 0 Å². The van der Waals surface area contributed by atoms with Gasteiger partial charge in [0.15, 0.2) is 5.78 Å². The zero-order valence-electron chi connectivity index (χ0n) is 8.10. The van der Waals surface area contributed by atoms with Gasteiger partial charge in [-0.15, -0.1) is 0 Å². The van der Waals surface area contributed by atoms with Crippen LogP contribution in [-0.4, -0.2) is 5.78 Å². The summed E-state index contributed by atoms with van der Waals surface area (Å²) in [7, 11) is 0. The highest BCUT2D eigenvalue weighted by molar-refractivity contribution is 5.94. The van der Waals surface area contributed by atoms with Crippen molar-refractivity contribution in [2.24, 2.45) is 0 Å². The molecule has 0 heterocycles. The maximum Gasteiger partial charge on any atom is 0.162 e. The maximum absolute atomic E-state index is 13.6. The van der Waals surface area contributed by atoms with Gasteiger partial charge in [0.25, 0.3) is 0 Å². The molecule has 0 unspecified atom stereocenters. The molecule has 0 amide bonds. The summed E-state index contributed by atoms with van der Waals surface area (Å²) >= 11 is 0. The minimum Gasteiger partial charge on any atom is -0.294 e. The van der Waals surface area contributed by atoms with Gasteiger partial charge in [0, 0.05) is 0 Å². The van der Waals surface area contributed by atoms with Crippen LogP contribution in [0.5, 0.6) is 0 Å². The van der Waals surface area contributed by atoms with Crippen LogP contribution in [0.2, 0.25) is 0 Å². The van der Waals surface area contributed by atoms with E-state index in [0.717, 1.165) is 0 Å². The first-order chi connectivity index (χ1) is 6.04. The Morgan fingerprint density at radius 1 is 1.38 bits per heavy atom. The highest BCUT2D eigenvalue weighted by Crippen LogP contribution is 2.21. The second kappa shape index (κ2) is 3.69. The maximum atomic E-state index is 13.6. The van der Waals surface area contributed by atoms with E-state index in [1.807, 2.05) is 13.8 Å². The summed E-state index contributed by atoms with van der Waals surface area (Å²) in [5, 5.41) is 0. The van der Waals surface area contributed by atoms with E-state index in [1.54, 1.807) is 12.1 Å². The van der Waals surface area contributed by atoms with Crippen LogP contribution in [0, 0.1) is 5.82 Å². The van der Waals surface area contributed by atoms with Crippen molar-refractivity contribution in [1.29, 1.82) is 0 Å². The first-order valence-corrected chi connectivity index (χ1v) is 4.33. The van der Waals surface area contributed by atoms with E-state index in [2.05, 4.69) is 0 Å². The molecule has 0 N–H and O–H groups in total. The van der Waals surface area contributed by atoms with E-state index >= 15 is 0 Å². The second-order valence-corrected chi connectivity index (χ2v) is 3.42. The third kappa shape index (κ3) is 1.94. The van der Waals surface area contributed by atoms with Crippen molar-refractivity contribution in [3.05, 3.63) is 35.1 Å². The fourth-order valence-corrected chi connectivity index (χ4v) is 1.27. The molecule has 1 aromatic carbocycles. The predicted molar refractivity (Wildman–Crippen MR) is 50.5 cm³/mol. The van der Waals surface area contributed by atoms with Crippen molar-refractivity contribution in [1.82, 2.24) is 0 Å². The highest BCUT2D eigenvalue weighted by atomic mass is 19.1. The van der Waals surface area contributed by atoms with Gasteiger partial charge < -0.3 is 0 Å². The number of carbonyl (C=O) groups excluding carboxylic acids is 1. The number of Topliss-reactive ketones (excluding diaryl/α,β-unsaturated/α-hetero) is 1. The summed E-state index contributed by atoms with van der Waals surface area (Å²) < 4.78 is 13.6. The minimum atomic E-state index is -0.370. The van der Waals surface area contributed by atoms with Crippen LogP contribution in [0.3, 0.4) is 0 Å². The Labute approximate surface area is 77.6 Å². The van der Waals surface area contributed by atoms with Crippen molar-refractivity contribution >= 4 is 5.78 Å². The van der Waals surface area contributed by atoms with Crippen molar-refractivity contribution in [2.45, 2.75) is 26.7 Å². The zero-order valence-corrected chi connectivity index (χ0v) is 8.10. The summed E-state index contributed by atoms with van der Waals surface area (Å²) in [6.45, 7) is 5.19. The summed E-state index contributed by atoms with van der Waals surface area (Å²) in [4.78, 5) is 11.0. The fraction of sp³-hybridized carbons (Fsp3) is 0.364. The molecular formula is C11H13FO. The summed E-state index contributed by atoms with van der Waals surface area (Å²) in [6, 6.07) is 4.95. The number of hydrogen-bond donors (Lipinski definition) is 0. The molecule has 0 atom stereocenters. The Morgan fingerprint density at radius 3 is 2.46 bits per heavy atom. The zero-order chi connectivity index (χ0) is 10.0. The van der Waals surface area contributed by atoms with Gasteiger partial charge in [-0.1, -0.05) is 26.0 Å². The molecule has 0 aliphatic rings. The molecule has 2 heteroatoms. The van der Waals surface area contributed by atoms with Crippen LogP contribution in [0.25, 0.3) is 0 Å². The monoisotopic (exact) mass is 180 g/mol. The molecule has 1 aromatic rings. The predicted octanol–water partition coefficient (Wildman–Crippen LogP) is 3.15. The molecule has 13 heavy (non-hydrogen) atoms. The molecule has 0 aliphatic carbocycles. The number of rotatable bonds is 2. The lowest BCUT2D eigenvalue weighted by atomic mass is 9.98. The Hall–Kier alpha value is -1.18. The average molecular weight is 180 g/mol. The summed E-state index contributed by atoms with van der Waals surface area (Å²) in [6.07, 6.45) is 0. The minimum absolute atomic E-state index is 0.110. The third-order valence-electron chi connectivity index (χ3n) is 2.03. The SMILES string of the molecule is CC(=O)c1cccc(C(C)C)c1F. The molecule has 70 valence electrons. The molecule has 0 aliphatic heterocycles. The van der Waals surface area contributed by atoms with Crippen LogP contribution < -0.4 is 0 Å². The van der Waals surface area contributed by atoms with Crippen molar-refractivity contribution in [2.75, 3.05) is 0 Å². The second-order valence-electron chi connectivity index (χ2n) is 3.42. The number of halogens is 1. The normalized spacial score (nSPS) is 10.5. The largest absolute Gasteiger partial charge is 0.294 e. The molecule has 1 rings (SSSR count). The van der Waals surface area contributed by atoms with Crippen LogP contribution >= 0.6 is 0 Å². The first-order valence-electron chi connectivity index (χ1n) is 4.33. The Kier molecular flexibility index (Phi) is 2.81. The molecule has 0 bridgehead atoms. The van der Waals surface area contributed by atoms with E-state index in [-0.39, 0.29) is 23.1 Å². The molecule has 0 fully saturated rings. The van der Waals surface area contributed by atoms with Gasteiger partial charge in [-0.25, -0.2) is 4.39 Å². The van der Waals surface area contributed by atoms with E-state index in [1.165, 1.54) is 13.0 Å². The van der Waals surface area contributed by atoms with Gasteiger partial charge >= 0.3 is 0 Å². The Balaban J connectivity index is 3.26. The number of ketones is 1. The number of hydrogen-bond acceptors (Lipinski definition) is 1. The van der Waals surface area contributed by atoms with Crippen LogP contribution in [0.1, 0.15) is 42.6 Å². The molecule has 0 saturated heterocycles. The molecule has 0 saturated carbocycles. The van der Waals surface area contributed by atoms with E-state index in [4.69, 9.17) is 0 Å². The number of carbonyl (C=O) groups is 1. The van der Waals surface area contributed by atoms with E-state index in [0.29, 0.717) is 5.56 Å². The average Bonchev–Trinajstić information content (AvgIpc) is 2.03. The van der Waals surface area contributed by atoms with Gasteiger partial charge in [0.2, 0.25) is 0 Å². The van der Waals surface area contributed by atoms with Crippen LogP contribution in [0.4, 0.5) is 4.39 Å². The van der Waals surface area contributed by atoms with Crippen LogP contribution in [-0.2, 0) is 0 Å². The van der Waals surface area contributed by atoms with Gasteiger partial charge in [-0.3, -0.25) is 4.79 Å². The van der Waals surface area contributed by atoms with E-state index in [9.17, 15) is 9.18 Å². The fourth-order valence-electron chi connectivity index (χ4n) is 1.27. The Morgan fingerprint density at radius 2 is 2.00 bits per heavy atom. The molecule has 0 aromatic heterocycles. The smallest absolute Gasteiger partial charge is 0.162 e. The van der Waals surface area contributed by atoms with Gasteiger partial charge in [-0.2, -0.15) is 0 Å². The summed E-state index contributed by atoms with van der Waals surface area (Å²) in [5.41, 5.74) is 0.791. The molecule has 1 nitrogen and oxygen atoms in total. The van der Waals surface area contributed by atoms with Gasteiger partial charge in [0.05, 0.1) is 5.56 Å². The quantitative estimate of drug-likeness (QED) is 0.639. The lowest BCUT2D eigenvalue weighted by molar-refractivity contribution is 0.101. The lowest BCUT2D eigenvalue weighted by Gasteiger charge is -2.08. The lowest BCUT2D eigenvalue weighted by Crippen LogP contribution is -2.02. The molecular weight excluding hydrogens is 167 g/mol. The first kappa shape index (κ1) is 9.90. The number of benzene rings is 1. The van der Waals surface area contributed by atoms with Crippen molar-refractivity contribution in [3.8, 4) is 0 Å². The standard InChI is InChI=1S/C11H13FO/c1-7(2)9-5-4-6-10(8(3)13)11(9)12/h4-7H,1-3H3. The van der Waals surface area contributed by atoms with Gasteiger partial charge in [-0.05, 0) is 24.5 Å². The Bertz CT molecular complexity index is 329. The molecule has 0 radical (unpaired) electrons. The van der Waals surface area contributed by atoms with Crippen molar-refractivity contribution < 1.29 is 9.18 Å².